The molecule has 1 aromatic heterocycles. The third kappa shape index (κ3) is 3.55. The zero-order valence-corrected chi connectivity index (χ0v) is 16.8. The summed E-state index contributed by atoms with van der Waals surface area (Å²) in [4.78, 5) is 17.7. The second-order valence-corrected chi connectivity index (χ2v) is 7.39. The van der Waals surface area contributed by atoms with E-state index in [0.717, 1.165) is 16.8 Å². The quantitative estimate of drug-likeness (QED) is 0.446. The second-order valence-electron chi connectivity index (χ2n) is 6.95. The number of aromatic nitrogens is 1. The number of aliphatic imine (C=N–C) groups is 1. The molecular formula is C24H19ClN2O2. The molecule has 1 N–H and O–H groups in total. The molecule has 4 nitrogen and oxygen atoms in total. The van der Waals surface area contributed by atoms with Gasteiger partial charge in [-0.3, -0.25) is 9.79 Å². The van der Waals surface area contributed by atoms with Crippen molar-refractivity contribution in [3.8, 4) is 11.6 Å². The molecule has 0 atom stereocenters. The van der Waals surface area contributed by atoms with E-state index in [1.807, 2.05) is 38.1 Å². The summed E-state index contributed by atoms with van der Waals surface area (Å²) in [5, 5.41) is 12.6. The number of pyridine rings is 1. The van der Waals surface area contributed by atoms with Gasteiger partial charge in [0.1, 0.15) is 0 Å². The summed E-state index contributed by atoms with van der Waals surface area (Å²) >= 11 is 6.11. The van der Waals surface area contributed by atoms with Gasteiger partial charge in [-0.15, -0.1) is 0 Å². The topological polar surface area (TPSA) is 54.6 Å². The van der Waals surface area contributed by atoms with Crippen molar-refractivity contribution in [2.24, 2.45) is 4.99 Å². The van der Waals surface area contributed by atoms with Gasteiger partial charge >= 0.3 is 0 Å². The minimum atomic E-state index is -0.316. The van der Waals surface area contributed by atoms with Gasteiger partial charge in [0.2, 0.25) is 5.88 Å². The van der Waals surface area contributed by atoms with E-state index in [4.69, 9.17) is 11.6 Å². The van der Waals surface area contributed by atoms with Crippen molar-refractivity contribution in [2.45, 2.75) is 13.8 Å². The number of rotatable bonds is 3. The number of nitrogens with zero attached hydrogens (tertiary/aromatic N) is 2. The molecular weight excluding hydrogens is 384 g/mol. The van der Waals surface area contributed by atoms with Crippen LogP contribution in [0, 0.1) is 13.8 Å². The molecule has 29 heavy (non-hydrogen) atoms. The zero-order valence-electron chi connectivity index (χ0n) is 16.1. The molecule has 4 aromatic rings. The molecule has 144 valence electrons. The Bertz CT molecular complexity index is 1320. The van der Waals surface area contributed by atoms with Crippen LogP contribution in [-0.4, -0.2) is 15.9 Å². The first-order chi connectivity index (χ1) is 14.0. The Balaban J connectivity index is 1.98. The molecule has 0 bridgehead atoms. The van der Waals surface area contributed by atoms with Crippen molar-refractivity contribution in [3.05, 3.63) is 98.8 Å². The Morgan fingerprint density at radius 3 is 2.45 bits per heavy atom. The van der Waals surface area contributed by atoms with E-state index in [1.54, 1.807) is 42.6 Å². The number of aromatic hydroxyl groups is 1. The maximum Gasteiger partial charge on any atom is 0.265 e. The highest BCUT2D eigenvalue weighted by Crippen LogP contribution is 2.28. The highest BCUT2D eigenvalue weighted by atomic mass is 35.5. The molecule has 0 aliphatic heterocycles. The van der Waals surface area contributed by atoms with Crippen LogP contribution in [0.3, 0.4) is 0 Å². The standard InChI is InChI=1S/C24H19ClN2O2/c1-15-10-11-22(16(2)12-15)26-14-21-19-8-3-4-9-20(19)23(28)27(24(21)29)18-7-5-6-17(25)13-18/h3-14,29H,1-2H3. The van der Waals surface area contributed by atoms with E-state index in [9.17, 15) is 9.90 Å². The van der Waals surface area contributed by atoms with E-state index in [1.165, 1.54) is 4.57 Å². The van der Waals surface area contributed by atoms with E-state index < -0.39 is 0 Å². The van der Waals surface area contributed by atoms with Crippen molar-refractivity contribution in [1.82, 2.24) is 4.57 Å². The molecule has 0 radical (unpaired) electrons. The van der Waals surface area contributed by atoms with E-state index in [-0.39, 0.29) is 11.4 Å². The number of hydrogen-bond donors (Lipinski definition) is 1. The lowest BCUT2D eigenvalue weighted by Gasteiger charge is -2.14. The first kappa shape index (κ1) is 19.0. The van der Waals surface area contributed by atoms with E-state index >= 15 is 0 Å². The summed E-state index contributed by atoms with van der Waals surface area (Å²) in [6.07, 6.45) is 1.61. The summed E-state index contributed by atoms with van der Waals surface area (Å²) in [7, 11) is 0. The average Bonchev–Trinajstić information content (AvgIpc) is 2.69. The summed E-state index contributed by atoms with van der Waals surface area (Å²) in [5.41, 5.74) is 3.65. The summed E-state index contributed by atoms with van der Waals surface area (Å²) in [5.74, 6) is -0.176. The summed E-state index contributed by atoms with van der Waals surface area (Å²) in [6.45, 7) is 4.02. The molecule has 0 spiro atoms. The van der Waals surface area contributed by atoms with Gasteiger partial charge in [-0.1, -0.05) is 53.6 Å². The fraction of sp³-hybridized carbons (Fsp3) is 0.0833. The first-order valence-electron chi connectivity index (χ1n) is 9.19. The van der Waals surface area contributed by atoms with Crippen LogP contribution in [0.1, 0.15) is 16.7 Å². The monoisotopic (exact) mass is 402 g/mol. The van der Waals surface area contributed by atoms with Crippen LogP contribution in [0.4, 0.5) is 5.69 Å². The molecule has 0 unspecified atom stereocenters. The SMILES string of the molecule is Cc1ccc(N=Cc2c(O)n(-c3cccc(Cl)c3)c(=O)c3ccccc23)c(C)c1. The summed E-state index contributed by atoms with van der Waals surface area (Å²) in [6, 6.07) is 20.0. The van der Waals surface area contributed by atoms with Crippen molar-refractivity contribution >= 4 is 34.3 Å². The second kappa shape index (κ2) is 7.57. The average molecular weight is 403 g/mol. The van der Waals surface area contributed by atoms with Gasteiger partial charge < -0.3 is 5.11 Å². The minimum Gasteiger partial charge on any atom is -0.494 e. The third-order valence-corrected chi connectivity index (χ3v) is 5.09. The van der Waals surface area contributed by atoms with Gasteiger partial charge in [-0.05, 0) is 49.7 Å². The lowest BCUT2D eigenvalue weighted by atomic mass is 10.1. The molecule has 3 aromatic carbocycles. The Hall–Kier alpha value is -3.37. The van der Waals surface area contributed by atoms with Crippen LogP contribution >= 0.6 is 11.6 Å². The summed E-state index contributed by atoms with van der Waals surface area (Å²) < 4.78 is 1.26. The van der Waals surface area contributed by atoms with E-state index in [2.05, 4.69) is 11.1 Å². The maximum absolute atomic E-state index is 13.1. The normalized spacial score (nSPS) is 11.4. The van der Waals surface area contributed by atoms with Gasteiger partial charge in [-0.2, -0.15) is 0 Å². The van der Waals surface area contributed by atoms with Crippen molar-refractivity contribution in [3.63, 3.8) is 0 Å². The molecule has 0 fully saturated rings. The highest BCUT2D eigenvalue weighted by Gasteiger charge is 2.16. The number of halogens is 1. The number of aryl methyl sites for hydroxylation is 2. The maximum atomic E-state index is 13.1. The number of hydrogen-bond acceptors (Lipinski definition) is 3. The Labute approximate surface area is 173 Å². The lowest BCUT2D eigenvalue weighted by Crippen LogP contribution is -2.20. The predicted molar refractivity (Wildman–Crippen MR) is 119 cm³/mol. The predicted octanol–water partition coefficient (Wildman–Crippen LogP) is 5.72. The Morgan fingerprint density at radius 2 is 1.72 bits per heavy atom. The smallest absolute Gasteiger partial charge is 0.265 e. The van der Waals surface area contributed by atoms with Crippen LogP contribution in [-0.2, 0) is 0 Å². The van der Waals surface area contributed by atoms with Crippen molar-refractivity contribution in [1.29, 1.82) is 0 Å². The van der Waals surface area contributed by atoms with Gasteiger partial charge in [0.05, 0.1) is 16.9 Å². The van der Waals surface area contributed by atoms with Gasteiger partial charge in [-0.25, -0.2) is 4.57 Å². The number of benzene rings is 3. The largest absolute Gasteiger partial charge is 0.494 e. The minimum absolute atomic E-state index is 0.176. The fourth-order valence-electron chi connectivity index (χ4n) is 3.43. The van der Waals surface area contributed by atoms with Crippen molar-refractivity contribution < 1.29 is 5.11 Å². The van der Waals surface area contributed by atoms with Crippen LogP contribution in [0.2, 0.25) is 5.02 Å². The van der Waals surface area contributed by atoms with Gasteiger partial charge in [0.15, 0.2) is 0 Å². The molecule has 0 amide bonds. The Kier molecular flexibility index (Phi) is 4.95. The van der Waals surface area contributed by atoms with Crippen LogP contribution in [0.5, 0.6) is 5.88 Å². The van der Waals surface area contributed by atoms with E-state index in [0.29, 0.717) is 27.0 Å². The lowest BCUT2D eigenvalue weighted by molar-refractivity contribution is 0.436. The molecule has 0 saturated carbocycles. The first-order valence-corrected chi connectivity index (χ1v) is 9.57. The zero-order chi connectivity index (χ0) is 20.5. The van der Waals surface area contributed by atoms with Gasteiger partial charge in [0.25, 0.3) is 5.56 Å². The third-order valence-electron chi connectivity index (χ3n) is 4.85. The van der Waals surface area contributed by atoms with Crippen LogP contribution < -0.4 is 5.56 Å². The molecule has 1 heterocycles. The fourth-order valence-corrected chi connectivity index (χ4v) is 3.61. The molecule has 4 rings (SSSR count). The molecule has 0 saturated heterocycles. The molecule has 5 heteroatoms. The number of fused-ring (bicyclic) bond motifs is 1. The van der Waals surface area contributed by atoms with Crippen molar-refractivity contribution in [2.75, 3.05) is 0 Å². The molecule has 0 aliphatic carbocycles. The molecule has 0 aliphatic rings. The van der Waals surface area contributed by atoms with Crippen LogP contribution in [0.25, 0.3) is 16.5 Å². The highest BCUT2D eigenvalue weighted by molar-refractivity contribution is 6.30. The van der Waals surface area contributed by atoms with Gasteiger partial charge in [0, 0.05) is 22.0 Å². The van der Waals surface area contributed by atoms with Crippen LogP contribution in [0.15, 0.2) is 76.5 Å². The Morgan fingerprint density at radius 1 is 0.966 bits per heavy atom.